The van der Waals surface area contributed by atoms with E-state index >= 15 is 0 Å². The molecule has 3 aromatic carbocycles. The number of rotatable bonds is 14. The summed E-state index contributed by atoms with van der Waals surface area (Å²) in [6, 6.07) is 31.1. The van der Waals surface area contributed by atoms with Crippen LogP contribution in [0.4, 0.5) is 0 Å². The van der Waals surface area contributed by atoms with E-state index in [9.17, 15) is 9.59 Å². The SMILES string of the molecule is CC[Si](C#C[C@]1(CO[Si](c2ccccc2)(c2ccccc2)C(C)(C)C)OC(OC(C)=O)C(OC(C)=O)C1OCc1ccc(OC)cc1)(CC)CC. The minimum absolute atomic E-state index is 0.0300. The third-order valence-electron chi connectivity index (χ3n) is 10.0. The number of carbonyl (C=O) groups is 2. The number of methoxy groups -OCH3 is 1. The molecule has 274 valence electrons. The Labute approximate surface area is 306 Å². The van der Waals surface area contributed by atoms with Gasteiger partial charge in [0, 0.05) is 13.8 Å². The zero-order valence-corrected chi connectivity index (χ0v) is 33.6. The van der Waals surface area contributed by atoms with Crippen LogP contribution in [-0.2, 0) is 39.6 Å². The van der Waals surface area contributed by atoms with E-state index in [0.29, 0.717) is 0 Å². The van der Waals surface area contributed by atoms with Gasteiger partial charge in [-0.05, 0) is 51.2 Å². The van der Waals surface area contributed by atoms with E-state index in [1.165, 1.54) is 13.8 Å². The number of ether oxygens (including phenoxy) is 5. The van der Waals surface area contributed by atoms with Crippen LogP contribution >= 0.6 is 0 Å². The molecule has 51 heavy (non-hydrogen) atoms. The predicted molar refractivity (Wildman–Crippen MR) is 205 cm³/mol. The van der Waals surface area contributed by atoms with Gasteiger partial charge in [0.15, 0.2) is 11.7 Å². The molecule has 1 heterocycles. The summed E-state index contributed by atoms with van der Waals surface area (Å²) >= 11 is 0. The molecule has 8 nitrogen and oxygen atoms in total. The molecule has 0 N–H and O–H groups in total. The topological polar surface area (TPSA) is 89.5 Å². The quantitative estimate of drug-likeness (QED) is 0.102. The van der Waals surface area contributed by atoms with Gasteiger partial charge in [-0.1, -0.05) is 120 Å². The van der Waals surface area contributed by atoms with Gasteiger partial charge in [0.25, 0.3) is 8.32 Å². The van der Waals surface area contributed by atoms with Gasteiger partial charge in [-0.3, -0.25) is 9.59 Å². The zero-order chi connectivity index (χ0) is 37.3. The highest BCUT2D eigenvalue weighted by Crippen LogP contribution is 2.42. The van der Waals surface area contributed by atoms with E-state index < -0.39 is 52.4 Å². The molecule has 1 saturated heterocycles. The van der Waals surface area contributed by atoms with Crippen LogP contribution in [-0.4, -0.2) is 66.1 Å². The fourth-order valence-electron chi connectivity index (χ4n) is 6.93. The molecule has 4 atom stereocenters. The molecule has 0 aliphatic carbocycles. The Balaban J connectivity index is 1.96. The van der Waals surface area contributed by atoms with Crippen LogP contribution in [0.15, 0.2) is 84.9 Å². The van der Waals surface area contributed by atoms with Gasteiger partial charge in [-0.2, -0.15) is 0 Å². The molecule has 0 amide bonds. The first kappa shape index (κ1) is 40.1. The lowest BCUT2D eigenvalue weighted by molar-refractivity contribution is -0.201. The smallest absolute Gasteiger partial charge is 0.305 e. The van der Waals surface area contributed by atoms with E-state index in [4.69, 9.17) is 28.1 Å². The number of esters is 2. The monoisotopic (exact) mass is 730 g/mol. The summed E-state index contributed by atoms with van der Waals surface area (Å²) < 4.78 is 38.0. The highest BCUT2D eigenvalue weighted by Gasteiger charge is 2.61. The highest BCUT2D eigenvalue weighted by molar-refractivity contribution is 6.99. The molecule has 4 rings (SSSR count). The van der Waals surface area contributed by atoms with Crippen LogP contribution in [0.2, 0.25) is 23.2 Å². The van der Waals surface area contributed by atoms with Crippen molar-refractivity contribution in [3.8, 4) is 17.2 Å². The van der Waals surface area contributed by atoms with Crippen molar-refractivity contribution in [2.45, 2.75) is 109 Å². The van der Waals surface area contributed by atoms with E-state index in [1.54, 1.807) is 7.11 Å². The van der Waals surface area contributed by atoms with Crippen LogP contribution < -0.4 is 15.1 Å². The van der Waals surface area contributed by atoms with Gasteiger partial charge in [-0.15, -0.1) is 5.54 Å². The first-order valence-corrected chi connectivity index (χ1v) is 22.4. The molecule has 0 bridgehead atoms. The third-order valence-corrected chi connectivity index (χ3v) is 19.7. The minimum atomic E-state index is -3.12. The Morgan fingerprint density at radius 2 is 1.33 bits per heavy atom. The van der Waals surface area contributed by atoms with Crippen molar-refractivity contribution in [2.75, 3.05) is 13.7 Å². The Bertz CT molecular complexity index is 1590. The van der Waals surface area contributed by atoms with Crippen molar-refractivity contribution < 1.29 is 37.7 Å². The van der Waals surface area contributed by atoms with Crippen molar-refractivity contribution in [2.24, 2.45) is 0 Å². The molecular weight excluding hydrogens is 677 g/mol. The standard InChI is InChI=1S/C41H54O8Si2/c1-10-50(11-2,12-3)28-27-41(30-46-51(40(6,7)8,35-19-15-13-16-20-35)36-21-17-14-18-22-36)38(45-29-33-23-25-34(44-9)26-24-33)37(47-31(4)42)39(49-41)48-32(5)43/h13-26,37-39H,10-12,29-30H2,1-9H3/t37?,38?,39?,41-/m1/s1. The van der Waals surface area contributed by atoms with E-state index in [0.717, 1.165) is 39.8 Å². The van der Waals surface area contributed by atoms with Gasteiger partial charge < -0.3 is 28.1 Å². The predicted octanol–water partition coefficient (Wildman–Crippen LogP) is 6.80. The first-order valence-electron chi connectivity index (χ1n) is 17.8. The minimum Gasteiger partial charge on any atom is -0.497 e. The highest BCUT2D eigenvalue weighted by atomic mass is 28.4. The summed E-state index contributed by atoms with van der Waals surface area (Å²) in [5, 5.41) is 1.84. The van der Waals surface area contributed by atoms with Crippen LogP contribution in [0.5, 0.6) is 5.75 Å². The van der Waals surface area contributed by atoms with Crippen LogP contribution in [0.3, 0.4) is 0 Å². The Kier molecular flexibility index (Phi) is 13.5. The number of carbonyl (C=O) groups excluding carboxylic acids is 2. The second-order valence-electron chi connectivity index (χ2n) is 14.2. The van der Waals surface area contributed by atoms with Gasteiger partial charge in [0.1, 0.15) is 19.9 Å². The van der Waals surface area contributed by atoms with Gasteiger partial charge in [-0.25, -0.2) is 0 Å². The number of hydrogen-bond donors (Lipinski definition) is 0. The summed E-state index contributed by atoms with van der Waals surface area (Å²) in [5.41, 5.74) is 3.12. The molecule has 0 radical (unpaired) electrons. The average Bonchev–Trinajstić information content (AvgIpc) is 3.39. The van der Waals surface area contributed by atoms with E-state index in [1.807, 2.05) is 60.7 Å². The molecule has 10 heteroatoms. The Morgan fingerprint density at radius 3 is 1.78 bits per heavy atom. The number of benzene rings is 3. The molecule has 1 fully saturated rings. The summed E-state index contributed by atoms with van der Waals surface area (Å²) in [4.78, 5) is 25.2. The largest absolute Gasteiger partial charge is 0.497 e. The van der Waals surface area contributed by atoms with E-state index in [-0.39, 0.29) is 18.3 Å². The lowest BCUT2D eigenvalue weighted by atomic mass is 9.96. The lowest BCUT2D eigenvalue weighted by Crippen LogP contribution is -2.68. The Morgan fingerprint density at radius 1 is 0.804 bits per heavy atom. The van der Waals surface area contributed by atoms with Crippen molar-refractivity contribution in [1.82, 2.24) is 0 Å². The maximum atomic E-state index is 12.7. The van der Waals surface area contributed by atoms with Crippen molar-refractivity contribution in [1.29, 1.82) is 0 Å². The molecule has 0 saturated carbocycles. The zero-order valence-electron chi connectivity index (χ0n) is 31.6. The maximum Gasteiger partial charge on any atom is 0.305 e. The number of hydrogen-bond acceptors (Lipinski definition) is 8. The fourth-order valence-corrected chi connectivity index (χ4v) is 14.0. The molecule has 1 aliphatic rings. The van der Waals surface area contributed by atoms with Crippen molar-refractivity contribution in [3.63, 3.8) is 0 Å². The van der Waals surface area contributed by atoms with Crippen molar-refractivity contribution >= 4 is 38.7 Å². The van der Waals surface area contributed by atoms with Crippen molar-refractivity contribution in [3.05, 3.63) is 90.5 Å². The molecular formula is C41H54O8Si2. The van der Waals surface area contributed by atoms with Gasteiger partial charge in [0.05, 0.1) is 20.3 Å². The van der Waals surface area contributed by atoms with Crippen LogP contribution in [0.25, 0.3) is 0 Å². The summed E-state index contributed by atoms with van der Waals surface area (Å²) in [6.07, 6.45) is -3.36. The maximum absolute atomic E-state index is 12.7. The second kappa shape index (κ2) is 17.2. The first-order chi connectivity index (χ1) is 24.3. The van der Waals surface area contributed by atoms with Gasteiger partial charge in [0.2, 0.25) is 6.29 Å². The van der Waals surface area contributed by atoms with Crippen LogP contribution in [0.1, 0.15) is 61.0 Å². The molecule has 0 spiro atoms. The average molecular weight is 731 g/mol. The second-order valence-corrected chi connectivity index (χ2v) is 23.4. The Hall–Kier alpha value is -3.73. The fraction of sp³-hybridized carbons (Fsp3) is 0.463. The van der Waals surface area contributed by atoms with Crippen LogP contribution in [0, 0.1) is 11.5 Å². The summed E-state index contributed by atoms with van der Waals surface area (Å²) in [6.45, 7) is 15.9. The molecule has 0 aromatic heterocycles. The summed E-state index contributed by atoms with van der Waals surface area (Å²) in [7, 11) is -3.58. The molecule has 3 aromatic rings. The normalized spacial score (nSPS) is 20.6. The lowest BCUT2D eigenvalue weighted by Gasteiger charge is -2.45. The summed E-state index contributed by atoms with van der Waals surface area (Å²) in [5.74, 6) is 3.16. The van der Waals surface area contributed by atoms with Gasteiger partial charge >= 0.3 is 11.9 Å². The van der Waals surface area contributed by atoms with E-state index in [2.05, 4.69) is 77.3 Å². The molecule has 1 aliphatic heterocycles. The molecule has 3 unspecified atom stereocenters. The third kappa shape index (κ3) is 9.02.